The van der Waals surface area contributed by atoms with Gasteiger partial charge in [-0.15, -0.1) is 0 Å². The Morgan fingerprint density at radius 3 is 2.52 bits per heavy atom. The van der Waals surface area contributed by atoms with Crippen LogP contribution in [0, 0.1) is 11.3 Å². The van der Waals surface area contributed by atoms with Crippen LogP contribution in [0.4, 0.5) is 13.2 Å². The lowest BCUT2D eigenvalue weighted by atomic mass is 9.98. The molecule has 31 heavy (non-hydrogen) atoms. The van der Waals surface area contributed by atoms with Gasteiger partial charge in [-0.25, -0.2) is 9.18 Å². The Morgan fingerprint density at radius 1 is 1.42 bits per heavy atom. The standard InChI is InChI=1S/C17H26F3N3O5S2Si/c1-11(2)31(3,4)27-7-5-6-12-8-15(28-30(25,26)17(18,19)20)23-16(13(12)9-21)29-10-14(22)24/h11,15H,5-8,10H2,1-4H3,(H2,22,24). The summed E-state index contributed by atoms with van der Waals surface area (Å²) in [5.41, 5.74) is 0.326. The Hall–Kier alpha value is -1.40. The second kappa shape index (κ2) is 11.0. The van der Waals surface area contributed by atoms with Crippen LogP contribution in [0.25, 0.3) is 0 Å². The number of aliphatic imine (C=N–C) groups is 1. The predicted octanol–water partition coefficient (Wildman–Crippen LogP) is 3.43. The predicted molar refractivity (Wildman–Crippen MR) is 114 cm³/mol. The van der Waals surface area contributed by atoms with Gasteiger partial charge in [-0.05, 0) is 37.0 Å². The number of carbonyl (C=O) groups is 1. The van der Waals surface area contributed by atoms with Crippen LogP contribution < -0.4 is 5.73 Å². The fraction of sp³-hybridized carbons (Fsp3) is 0.706. The molecule has 1 aliphatic rings. The highest BCUT2D eigenvalue weighted by atomic mass is 32.2. The Balaban J connectivity index is 3.05. The number of thioether (sulfide) groups is 1. The fourth-order valence-electron chi connectivity index (χ4n) is 2.35. The average Bonchev–Trinajstić information content (AvgIpc) is 2.61. The Bertz CT molecular complexity index is 880. The molecule has 1 amide bonds. The van der Waals surface area contributed by atoms with Crippen molar-refractivity contribution in [1.82, 2.24) is 0 Å². The van der Waals surface area contributed by atoms with Gasteiger partial charge in [0.2, 0.25) is 5.91 Å². The molecule has 176 valence electrons. The molecule has 2 N–H and O–H groups in total. The van der Waals surface area contributed by atoms with Crippen LogP contribution in [0.3, 0.4) is 0 Å². The summed E-state index contributed by atoms with van der Waals surface area (Å²) in [7, 11) is -7.77. The van der Waals surface area contributed by atoms with Crippen LogP contribution in [0.1, 0.15) is 33.1 Å². The van der Waals surface area contributed by atoms with E-state index in [1.807, 2.05) is 6.07 Å². The van der Waals surface area contributed by atoms with E-state index in [-0.39, 0.29) is 29.2 Å². The zero-order valence-electron chi connectivity index (χ0n) is 17.7. The number of hydrogen-bond donors (Lipinski definition) is 1. The summed E-state index contributed by atoms with van der Waals surface area (Å²) in [6, 6.07) is 1.93. The quantitative estimate of drug-likeness (QED) is 0.210. The minimum absolute atomic E-state index is 0.0795. The van der Waals surface area contributed by atoms with Crippen LogP contribution in [0.2, 0.25) is 18.6 Å². The largest absolute Gasteiger partial charge is 0.523 e. The Morgan fingerprint density at radius 2 is 2.03 bits per heavy atom. The number of primary amides is 1. The molecule has 0 aliphatic carbocycles. The highest BCUT2D eigenvalue weighted by Gasteiger charge is 2.49. The first-order valence-corrected chi connectivity index (χ1v) is 14.7. The third-order valence-corrected chi connectivity index (χ3v) is 10.5. The number of halogens is 3. The average molecular weight is 502 g/mol. The van der Waals surface area contributed by atoms with Gasteiger partial charge in [0.15, 0.2) is 14.5 Å². The van der Waals surface area contributed by atoms with Gasteiger partial charge in [-0.1, -0.05) is 25.6 Å². The van der Waals surface area contributed by atoms with Crippen LogP contribution in [-0.2, 0) is 23.5 Å². The van der Waals surface area contributed by atoms with E-state index in [0.29, 0.717) is 24.1 Å². The molecule has 1 unspecified atom stereocenters. The molecule has 0 aromatic rings. The fourth-order valence-corrected chi connectivity index (χ4v) is 4.67. The van der Waals surface area contributed by atoms with Gasteiger partial charge in [0.1, 0.15) is 11.1 Å². The SMILES string of the molecule is CC(C)[Si](C)(C)OCCCC1=C(C#N)C(SCC(N)=O)=NC(OS(=O)(=O)C(F)(F)F)C1. The lowest BCUT2D eigenvalue weighted by Gasteiger charge is -2.27. The molecular weight excluding hydrogens is 475 g/mol. The van der Waals surface area contributed by atoms with E-state index in [0.717, 1.165) is 11.8 Å². The van der Waals surface area contributed by atoms with Crippen molar-refractivity contribution in [1.29, 1.82) is 5.26 Å². The summed E-state index contributed by atoms with van der Waals surface area (Å²) in [6.45, 7) is 8.63. The van der Waals surface area contributed by atoms with Gasteiger partial charge in [-0.3, -0.25) is 4.79 Å². The number of alkyl halides is 3. The molecule has 8 nitrogen and oxygen atoms in total. The molecular formula is C17H26F3N3O5S2Si. The summed E-state index contributed by atoms with van der Waals surface area (Å²) in [5.74, 6) is -1.01. The summed E-state index contributed by atoms with van der Waals surface area (Å²) < 4.78 is 71.1. The second-order valence-electron chi connectivity index (χ2n) is 7.64. The monoisotopic (exact) mass is 501 g/mol. The molecule has 1 rings (SSSR count). The maximum absolute atomic E-state index is 12.7. The third kappa shape index (κ3) is 8.22. The molecule has 0 aromatic heterocycles. The molecule has 0 spiro atoms. The first-order valence-electron chi connectivity index (χ1n) is 9.35. The molecule has 0 saturated carbocycles. The molecule has 0 bridgehead atoms. The van der Waals surface area contributed by atoms with Gasteiger partial charge in [0, 0.05) is 13.0 Å². The van der Waals surface area contributed by atoms with E-state index in [4.69, 9.17) is 10.2 Å². The van der Waals surface area contributed by atoms with Crippen LogP contribution in [0.5, 0.6) is 0 Å². The zero-order chi connectivity index (χ0) is 24.0. The van der Waals surface area contributed by atoms with Crippen LogP contribution >= 0.6 is 11.8 Å². The number of hydrogen-bond acceptors (Lipinski definition) is 8. The number of dihydropyridines is 1. The van der Waals surface area contributed by atoms with Gasteiger partial charge >= 0.3 is 15.6 Å². The van der Waals surface area contributed by atoms with Crippen molar-refractivity contribution in [3.05, 3.63) is 11.1 Å². The summed E-state index contributed by atoms with van der Waals surface area (Å²) in [5, 5.41) is 9.44. The van der Waals surface area contributed by atoms with Crippen molar-refractivity contribution in [3.8, 4) is 6.07 Å². The van der Waals surface area contributed by atoms with Crippen LogP contribution in [-0.4, -0.2) is 51.8 Å². The summed E-state index contributed by atoms with van der Waals surface area (Å²) in [4.78, 5) is 14.9. The van der Waals surface area contributed by atoms with Gasteiger partial charge in [-0.2, -0.15) is 26.9 Å². The number of amides is 1. The first kappa shape index (κ1) is 27.6. The van der Waals surface area contributed by atoms with E-state index >= 15 is 0 Å². The molecule has 1 aliphatic heterocycles. The maximum Gasteiger partial charge on any atom is 0.523 e. The molecule has 1 heterocycles. The smallest absolute Gasteiger partial charge is 0.417 e. The minimum Gasteiger partial charge on any atom is -0.417 e. The third-order valence-electron chi connectivity index (χ3n) is 4.72. The number of nitrogens with two attached hydrogens (primary N) is 1. The van der Waals surface area contributed by atoms with E-state index in [1.54, 1.807) is 0 Å². The topological polar surface area (TPSA) is 132 Å². The lowest BCUT2D eigenvalue weighted by molar-refractivity contribution is -0.115. The summed E-state index contributed by atoms with van der Waals surface area (Å²) in [6.07, 6.45) is -1.26. The maximum atomic E-state index is 12.7. The van der Waals surface area contributed by atoms with Crippen molar-refractivity contribution in [2.45, 2.75) is 63.5 Å². The Labute approximate surface area is 185 Å². The van der Waals surface area contributed by atoms with Gasteiger partial charge in [0.25, 0.3) is 0 Å². The van der Waals surface area contributed by atoms with E-state index in [9.17, 15) is 31.6 Å². The number of carbonyl (C=O) groups excluding carboxylic acids is 1. The van der Waals surface area contributed by atoms with Crippen molar-refractivity contribution < 1.29 is 35.0 Å². The number of rotatable bonds is 10. The van der Waals surface area contributed by atoms with Crippen molar-refractivity contribution in [2.75, 3.05) is 12.4 Å². The van der Waals surface area contributed by atoms with Crippen molar-refractivity contribution in [2.24, 2.45) is 10.7 Å². The zero-order valence-corrected chi connectivity index (χ0v) is 20.3. The van der Waals surface area contributed by atoms with Crippen molar-refractivity contribution in [3.63, 3.8) is 0 Å². The lowest BCUT2D eigenvalue weighted by Crippen LogP contribution is -2.34. The highest BCUT2D eigenvalue weighted by molar-refractivity contribution is 8.15. The molecule has 1 atom stereocenters. The molecule has 0 fully saturated rings. The van der Waals surface area contributed by atoms with E-state index < -0.39 is 36.1 Å². The highest BCUT2D eigenvalue weighted by Crippen LogP contribution is 2.33. The molecule has 0 saturated heterocycles. The number of nitriles is 1. The Kier molecular flexibility index (Phi) is 9.76. The first-order chi connectivity index (χ1) is 14.1. The number of nitrogens with zero attached hydrogens (tertiary/aromatic N) is 2. The molecule has 14 heteroatoms. The molecule has 0 radical (unpaired) electrons. The van der Waals surface area contributed by atoms with Crippen LogP contribution in [0.15, 0.2) is 16.1 Å². The molecule has 0 aromatic carbocycles. The van der Waals surface area contributed by atoms with Gasteiger partial charge < -0.3 is 10.2 Å². The van der Waals surface area contributed by atoms with Gasteiger partial charge in [0.05, 0.1) is 11.3 Å². The van der Waals surface area contributed by atoms with Crippen molar-refractivity contribution >= 4 is 41.1 Å². The van der Waals surface area contributed by atoms with E-state index in [1.165, 1.54) is 0 Å². The summed E-state index contributed by atoms with van der Waals surface area (Å²) >= 11 is 0.741. The minimum atomic E-state index is -5.89. The normalized spacial score (nSPS) is 18.2. The second-order valence-corrected chi connectivity index (χ2v) is 14.8. The van der Waals surface area contributed by atoms with E-state index in [2.05, 4.69) is 36.1 Å².